The largest absolute Gasteiger partial charge is 1.00 e. The highest BCUT2D eigenvalue weighted by Crippen LogP contribution is 2.50. The molecule has 26 heavy (non-hydrogen) atoms. The van der Waals surface area contributed by atoms with Gasteiger partial charge >= 0.3 is 0 Å². The van der Waals surface area contributed by atoms with Crippen LogP contribution in [0.5, 0.6) is 0 Å². The van der Waals surface area contributed by atoms with Crippen molar-refractivity contribution in [3.63, 3.8) is 0 Å². The van der Waals surface area contributed by atoms with E-state index in [1.807, 2.05) is 0 Å². The Morgan fingerprint density at radius 2 is 0.808 bits per heavy atom. The van der Waals surface area contributed by atoms with Crippen molar-refractivity contribution < 1.29 is 17.1 Å². The van der Waals surface area contributed by atoms with Crippen molar-refractivity contribution in [3.05, 3.63) is 0 Å². The average molecular weight is 392 g/mol. The minimum atomic E-state index is 0. The molecule has 4 N–H and O–H groups in total. The second-order valence-corrected chi connectivity index (χ2v) is 8.90. The van der Waals surface area contributed by atoms with Gasteiger partial charge in [0.15, 0.2) is 0 Å². The van der Waals surface area contributed by atoms with E-state index in [-0.39, 0.29) is 29.8 Å². The molecule has 1 atom stereocenters. The molecule has 0 bridgehead atoms. The van der Waals surface area contributed by atoms with E-state index in [0.717, 1.165) is 0 Å². The van der Waals surface area contributed by atoms with Crippen LogP contribution in [0.3, 0.4) is 0 Å². The summed E-state index contributed by atoms with van der Waals surface area (Å²) in [5, 5.41) is 0. The van der Waals surface area contributed by atoms with Gasteiger partial charge in [-0.3, -0.25) is 0 Å². The summed E-state index contributed by atoms with van der Waals surface area (Å²) in [6.45, 7) is 9.02. The monoisotopic (exact) mass is 391 g/mol. The smallest absolute Gasteiger partial charge is 0.0946 e. The number of epoxide rings is 1. The summed E-state index contributed by atoms with van der Waals surface area (Å²) in [5.74, 6) is 0. The van der Waals surface area contributed by atoms with Crippen molar-refractivity contribution in [2.45, 2.75) is 148 Å². The maximum atomic E-state index is 5.82. The van der Waals surface area contributed by atoms with Crippen LogP contribution in [0.1, 0.15) is 137 Å². The van der Waals surface area contributed by atoms with Crippen molar-refractivity contribution in [2.24, 2.45) is 0 Å². The number of rotatable bonds is 17. The van der Waals surface area contributed by atoms with Crippen molar-refractivity contribution >= 4 is 0 Å². The number of ether oxygens (including phenoxy) is 1. The standard InChI is InChI=1S/C23H46O.ClH.H3N/c1-5-6-7-8-9-10-11-12-13-14-15-16-17-18-19-20-21-23(4)22(2,3)24-23;;/h5-21H2,1-4H3;1H;1H3. The van der Waals surface area contributed by atoms with E-state index in [2.05, 4.69) is 27.7 Å². The molecular weight excluding hydrogens is 342 g/mol. The Hall–Kier alpha value is 0.210. The fourth-order valence-corrected chi connectivity index (χ4v) is 3.90. The molecule has 1 aliphatic heterocycles. The van der Waals surface area contributed by atoms with Gasteiger partial charge in [-0.15, -0.1) is 0 Å². The molecule has 0 radical (unpaired) electrons. The lowest BCUT2D eigenvalue weighted by molar-refractivity contribution is -0.00000759. The van der Waals surface area contributed by atoms with Gasteiger partial charge in [-0.25, -0.2) is 0 Å². The second kappa shape index (κ2) is 16.2. The third-order valence-electron chi connectivity index (χ3n) is 6.22. The molecule has 2 nitrogen and oxygen atoms in total. The van der Waals surface area contributed by atoms with Gasteiger partial charge in [-0.1, -0.05) is 110 Å². The topological polar surface area (TPSA) is 49.0 Å². The van der Waals surface area contributed by atoms with E-state index in [4.69, 9.17) is 4.74 Å². The summed E-state index contributed by atoms with van der Waals surface area (Å²) in [7, 11) is 0. The summed E-state index contributed by atoms with van der Waals surface area (Å²) < 4.78 is 5.82. The molecule has 1 rings (SSSR count). The third kappa shape index (κ3) is 12.6. The molecule has 1 heterocycles. The Bertz CT molecular complexity index is 309. The molecule has 0 aromatic rings. The van der Waals surface area contributed by atoms with Gasteiger partial charge in [0.2, 0.25) is 0 Å². The summed E-state index contributed by atoms with van der Waals surface area (Å²) in [6, 6.07) is 0. The molecular formula is C23H50ClNO. The van der Waals surface area contributed by atoms with Crippen LogP contribution in [0, 0.1) is 0 Å². The van der Waals surface area contributed by atoms with E-state index in [9.17, 15) is 0 Å². The van der Waals surface area contributed by atoms with Crippen LogP contribution < -0.4 is 18.6 Å². The zero-order valence-corrected chi connectivity index (χ0v) is 19.6. The van der Waals surface area contributed by atoms with Gasteiger partial charge < -0.3 is 23.3 Å². The Labute approximate surface area is 171 Å². The zero-order valence-electron chi connectivity index (χ0n) is 18.8. The average Bonchev–Trinajstić information content (AvgIpc) is 3.05. The van der Waals surface area contributed by atoms with Gasteiger partial charge in [0.1, 0.15) is 0 Å². The van der Waals surface area contributed by atoms with Crippen LogP contribution >= 0.6 is 0 Å². The fraction of sp³-hybridized carbons (Fsp3) is 1.00. The van der Waals surface area contributed by atoms with Crippen LogP contribution in [0.2, 0.25) is 0 Å². The maximum absolute atomic E-state index is 5.82. The number of hydrogen-bond donors (Lipinski definition) is 1. The Morgan fingerprint density at radius 3 is 1.08 bits per heavy atom. The molecule has 0 aliphatic carbocycles. The summed E-state index contributed by atoms with van der Waals surface area (Å²) >= 11 is 0. The normalized spacial score (nSPS) is 20.3. The Kier molecular flexibility index (Phi) is 17.7. The fourth-order valence-electron chi connectivity index (χ4n) is 3.90. The molecule has 160 valence electrons. The molecule has 0 spiro atoms. The molecule has 3 heteroatoms. The number of halogens is 1. The number of unbranched alkanes of at least 4 members (excludes halogenated alkanes) is 15. The first-order valence-corrected chi connectivity index (χ1v) is 11.2. The summed E-state index contributed by atoms with van der Waals surface area (Å²) in [5.41, 5.74) is 0.325. The lowest BCUT2D eigenvalue weighted by Gasteiger charge is -2.08. The van der Waals surface area contributed by atoms with Crippen LogP contribution in [0.4, 0.5) is 0 Å². The Morgan fingerprint density at radius 1 is 0.538 bits per heavy atom. The number of hydrogen-bond acceptors (Lipinski definition) is 1. The highest BCUT2D eigenvalue weighted by atomic mass is 35.5. The van der Waals surface area contributed by atoms with E-state index in [1.165, 1.54) is 109 Å². The molecule has 1 fully saturated rings. The first kappa shape index (κ1) is 28.4. The molecule has 1 unspecified atom stereocenters. The van der Waals surface area contributed by atoms with Gasteiger partial charge in [-0.2, -0.15) is 0 Å². The van der Waals surface area contributed by atoms with Crippen LogP contribution in [0.15, 0.2) is 0 Å². The molecule has 0 saturated carbocycles. The summed E-state index contributed by atoms with van der Waals surface area (Å²) in [6.07, 6.45) is 24.3. The van der Waals surface area contributed by atoms with Gasteiger partial charge in [0, 0.05) is 0 Å². The van der Waals surface area contributed by atoms with Crippen LogP contribution in [-0.2, 0) is 4.74 Å². The second-order valence-electron chi connectivity index (χ2n) is 8.90. The highest BCUT2D eigenvalue weighted by molar-refractivity contribution is 5.07. The van der Waals surface area contributed by atoms with Crippen molar-refractivity contribution in [2.75, 3.05) is 0 Å². The van der Waals surface area contributed by atoms with E-state index in [0.29, 0.717) is 0 Å². The lowest BCUT2D eigenvalue weighted by Crippen LogP contribution is -3.00. The third-order valence-corrected chi connectivity index (χ3v) is 6.22. The van der Waals surface area contributed by atoms with Crippen LogP contribution in [0.25, 0.3) is 0 Å². The molecule has 1 saturated heterocycles. The van der Waals surface area contributed by atoms with Gasteiger partial charge in [-0.05, 0) is 27.2 Å². The zero-order chi connectivity index (χ0) is 17.7. The van der Waals surface area contributed by atoms with E-state index < -0.39 is 0 Å². The lowest BCUT2D eigenvalue weighted by atomic mass is 9.92. The molecule has 0 amide bonds. The van der Waals surface area contributed by atoms with Crippen molar-refractivity contribution in [1.29, 1.82) is 0 Å². The first-order valence-electron chi connectivity index (χ1n) is 11.2. The van der Waals surface area contributed by atoms with Gasteiger partial charge in [0.25, 0.3) is 0 Å². The quantitative estimate of drug-likeness (QED) is 0.255. The Balaban J connectivity index is 0. The number of quaternary nitrogens is 1. The molecule has 0 aromatic heterocycles. The minimum Gasteiger partial charge on any atom is -1.00 e. The predicted molar refractivity (Wildman–Crippen MR) is 114 cm³/mol. The molecule has 0 aromatic carbocycles. The maximum Gasteiger partial charge on any atom is 0.0946 e. The van der Waals surface area contributed by atoms with Crippen molar-refractivity contribution in [3.8, 4) is 0 Å². The van der Waals surface area contributed by atoms with Crippen molar-refractivity contribution in [1.82, 2.24) is 6.15 Å². The van der Waals surface area contributed by atoms with E-state index >= 15 is 0 Å². The summed E-state index contributed by atoms with van der Waals surface area (Å²) in [4.78, 5) is 0. The SMILES string of the molecule is CCCCCCCCCCCCCCCCCCC1(C)OC1(C)C.[Cl-].[NH4+]. The minimum absolute atomic E-state index is 0. The molecule has 1 aliphatic rings. The first-order chi connectivity index (χ1) is 11.5. The van der Waals surface area contributed by atoms with Gasteiger partial charge in [0.05, 0.1) is 11.2 Å². The van der Waals surface area contributed by atoms with Crippen LogP contribution in [-0.4, -0.2) is 11.2 Å². The highest BCUT2D eigenvalue weighted by Gasteiger charge is 2.58. The predicted octanol–water partition coefficient (Wildman–Crippen LogP) is 5.59. The van der Waals surface area contributed by atoms with E-state index in [1.54, 1.807) is 0 Å².